The van der Waals surface area contributed by atoms with Gasteiger partial charge in [0.15, 0.2) is 11.9 Å². The molecule has 0 aromatic carbocycles. The fourth-order valence-electron chi connectivity index (χ4n) is 7.76. The number of aliphatic hydroxyl groups is 1. The number of amides is 10. The number of carbonyl (C=O) groups is 11. The van der Waals surface area contributed by atoms with E-state index in [0.29, 0.717) is 38.6 Å². The molecule has 10 amide bonds. The standard InChI is InChI=1S/C50H95N19O13/c1-7-27(4)38(69-44(77)32(15-9-11-21-52)65-42(75)31(14-8-10-20-51)64-40(73)30(53)18-19-37(54)71)47(80)66-33(16-12-22-59-49(55)56)41(74)61-28(5)39(72)63-34(17-13-23-60-50(57)58)43(76)67-35(24-26(2)3)45(78)68-36(25-70)46(79)62-29(6)48(81)82/h26-36,38,70H,7-25,51-53H2,1-6H3,(H2,54,71)(H,61,74)(H,62,79)(H,63,72)(H,64,73)(H,65,75)(H,66,80)(H,67,76)(H,68,78)(H,69,77)(H,81,82)(H4,55,56,59)(H4,57,58,60)/t27-,28-,29-,30-,31-,32-,33-,34-,35-,36-,38-/m0/s1. The van der Waals surface area contributed by atoms with E-state index in [9.17, 15) is 63.0 Å². The van der Waals surface area contributed by atoms with Crippen molar-refractivity contribution < 1.29 is 63.0 Å². The topological polar surface area (TPSA) is 569 Å². The molecule has 27 N–H and O–H groups in total. The Balaban J connectivity index is 6.83. The molecule has 0 aliphatic rings. The van der Waals surface area contributed by atoms with Gasteiger partial charge in [0.1, 0.15) is 54.4 Å². The van der Waals surface area contributed by atoms with Crippen LogP contribution < -0.4 is 93.7 Å². The van der Waals surface area contributed by atoms with Gasteiger partial charge in [-0.3, -0.25) is 62.7 Å². The zero-order valence-corrected chi connectivity index (χ0v) is 48.3. The Hall–Kier alpha value is -7.45. The van der Waals surface area contributed by atoms with Gasteiger partial charge < -0.3 is 104 Å². The number of nitrogens with zero attached hydrogens (tertiary/aromatic N) is 2. The lowest BCUT2D eigenvalue weighted by molar-refractivity contribution is -0.142. The molecule has 0 fully saturated rings. The molecule has 0 bridgehead atoms. The largest absolute Gasteiger partial charge is 0.480 e. The highest BCUT2D eigenvalue weighted by molar-refractivity contribution is 5.98. The zero-order valence-electron chi connectivity index (χ0n) is 48.3. The molecule has 0 aliphatic heterocycles. The highest BCUT2D eigenvalue weighted by Crippen LogP contribution is 2.14. The van der Waals surface area contributed by atoms with Crippen LogP contribution in [0.4, 0.5) is 0 Å². The molecule has 11 atom stereocenters. The average molecular weight is 1170 g/mol. The third-order valence-electron chi connectivity index (χ3n) is 12.8. The van der Waals surface area contributed by atoms with Crippen molar-refractivity contribution in [2.45, 2.75) is 192 Å². The van der Waals surface area contributed by atoms with Gasteiger partial charge in [-0.25, -0.2) is 0 Å². The summed E-state index contributed by atoms with van der Waals surface area (Å²) in [6.07, 6.45) is 2.05. The Bertz CT molecular complexity index is 2140. The van der Waals surface area contributed by atoms with Gasteiger partial charge in [0.05, 0.1) is 12.6 Å². The van der Waals surface area contributed by atoms with Crippen molar-refractivity contribution in [2.75, 3.05) is 32.8 Å². The lowest BCUT2D eigenvalue weighted by Gasteiger charge is -2.29. The van der Waals surface area contributed by atoms with E-state index in [-0.39, 0.29) is 95.3 Å². The number of rotatable bonds is 43. The van der Waals surface area contributed by atoms with Crippen LogP contribution in [0.15, 0.2) is 9.98 Å². The monoisotopic (exact) mass is 1170 g/mol. The third kappa shape index (κ3) is 30.9. The average Bonchev–Trinajstić information content (AvgIpc) is 3.41. The van der Waals surface area contributed by atoms with Gasteiger partial charge in [-0.15, -0.1) is 0 Å². The molecule has 0 aliphatic carbocycles. The lowest BCUT2D eigenvalue weighted by Crippen LogP contribution is -2.61. The number of carbonyl (C=O) groups excluding carboxylic acids is 10. The van der Waals surface area contributed by atoms with Crippen LogP contribution in [0, 0.1) is 11.8 Å². The van der Waals surface area contributed by atoms with Crippen molar-refractivity contribution in [1.29, 1.82) is 0 Å². The van der Waals surface area contributed by atoms with E-state index in [1.165, 1.54) is 13.8 Å². The number of aliphatic carboxylic acids is 1. The first kappa shape index (κ1) is 74.5. The molecule has 0 spiro atoms. The predicted octanol–water partition coefficient (Wildman–Crippen LogP) is -6.48. The van der Waals surface area contributed by atoms with E-state index in [1.54, 1.807) is 27.7 Å². The number of aliphatic imine (C=N–C) groups is 2. The number of guanidine groups is 2. The van der Waals surface area contributed by atoms with Crippen molar-refractivity contribution in [3.05, 3.63) is 0 Å². The normalized spacial score (nSPS) is 15.1. The molecule has 468 valence electrons. The molecule has 0 heterocycles. The Kier molecular flexibility index (Phi) is 37.0. The SMILES string of the molecule is CC[C@H](C)[C@H](NC(=O)[C@H](CCCCN)NC(=O)[C@H](CCCCN)NC(=O)[C@@H](N)CCC(N)=O)C(=O)N[C@@H](CCCN=C(N)N)C(=O)N[C@@H](C)C(=O)N[C@@H](CCCN=C(N)N)C(=O)N[C@@H](CC(C)C)C(=O)N[C@@H](CO)C(=O)N[C@@H](C)C(=O)O. The Morgan fingerprint density at radius 2 is 0.829 bits per heavy atom. The second-order valence-electron chi connectivity index (χ2n) is 20.4. The molecule has 32 nitrogen and oxygen atoms in total. The summed E-state index contributed by atoms with van der Waals surface area (Å²) in [5.41, 5.74) is 44.6. The molecule has 0 radical (unpaired) electrons. The van der Waals surface area contributed by atoms with Crippen LogP contribution in [-0.4, -0.2) is 180 Å². The first-order valence-corrected chi connectivity index (χ1v) is 27.6. The van der Waals surface area contributed by atoms with Crippen LogP contribution >= 0.6 is 0 Å². The maximum absolute atomic E-state index is 14.4. The Morgan fingerprint density at radius 3 is 1.26 bits per heavy atom. The minimum atomic E-state index is -1.60. The number of hydrogen-bond acceptors (Lipinski definition) is 17. The molecular weight excluding hydrogens is 1070 g/mol. The number of unbranched alkanes of at least 4 members (excludes halogenated alkanes) is 2. The van der Waals surface area contributed by atoms with Crippen molar-refractivity contribution in [2.24, 2.45) is 67.7 Å². The molecule has 0 saturated heterocycles. The number of primary amides is 1. The summed E-state index contributed by atoms with van der Waals surface area (Å²) in [4.78, 5) is 154. The molecule has 0 aromatic heterocycles. The zero-order chi connectivity index (χ0) is 62.6. The van der Waals surface area contributed by atoms with E-state index in [0.717, 1.165) is 0 Å². The van der Waals surface area contributed by atoms with Gasteiger partial charge in [0.2, 0.25) is 59.1 Å². The van der Waals surface area contributed by atoms with Crippen molar-refractivity contribution >= 4 is 77.0 Å². The molecule has 0 unspecified atom stereocenters. The Morgan fingerprint density at radius 1 is 0.451 bits per heavy atom. The van der Waals surface area contributed by atoms with Crippen LogP contribution in [0.25, 0.3) is 0 Å². The van der Waals surface area contributed by atoms with Gasteiger partial charge in [-0.1, -0.05) is 34.1 Å². The molecule has 0 saturated carbocycles. The first-order valence-electron chi connectivity index (χ1n) is 27.6. The van der Waals surface area contributed by atoms with Crippen LogP contribution in [0.2, 0.25) is 0 Å². The van der Waals surface area contributed by atoms with Gasteiger partial charge in [0, 0.05) is 19.5 Å². The van der Waals surface area contributed by atoms with Gasteiger partial charge in [0.25, 0.3) is 0 Å². The minimum Gasteiger partial charge on any atom is -0.480 e. The molecule has 32 heteroatoms. The van der Waals surface area contributed by atoms with Gasteiger partial charge in [-0.05, 0) is 116 Å². The summed E-state index contributed by atoms with van der Waals surface area (Å²) in [6.45, 7) is 9.06. The minimum absolute atomic E-state index is 0.00368. The number of hydrogen-bond donors (Lipinski definition) is 19. The summed E-state index contributed by atoms with van der Waals surface area (Å²) >= 11 is 0. The van der Waals surface area contributed by atoms with Crippen LogP contribution in [0.3, 0.4) is 0 Å². The fourth-order valence-corrected chi connectivity index (χ4v) is 7.76. The quantitative estimate of drug-likeness (QED) is 0.0153. The van der Waals surface area contributed by atoms with Crippen molar-refractivity contribution in [3.63, 3.8) is 0 Å². The van der Waals surface area contributed by atoms with Crippen LogP contribution in [-0.2, 0) is 52.7 Å². The number of carboxylic acids is 1. The van der Waals surface area contributed by atoms with Gasteiger partial charge in [-0.2, -0.15) is 0 Å². The molecule has 0 rings (SSSR count). The van der Waals surface area contributed by atoms with E-state index in [2.05, 4.69) is 57.8 Å². The highest BCUT2D eigenvalue weighted by Gasteiger charge is 2.36. The van der Waals surface area contributed by atoms with E-state index < -0.39 is 138 Å². The van der Waals surface area contributed by atoms with Gasteiger partial charge >= 0.3 is 5.97 Å². The summed E-state index contributed by atoms with van der Waals surface area (Å²) in [5, 5.41) is 42.0. The molecule has 0 aromatic rings. The van der Waals surface area contributed by atoms with E-state index in [1.807, 2.05) is 0 Å². The fraction of sp³-hybridized carbons (Fsp3) is 0.740. The van der Waals surface area contributed by atoms with E-state index in [4.69, 9.17) is 45.9 Å². The number of nitrogens with two attached hydrogens (primary N) is 8. The second-order valence-corrected chi connectivity index (χ2v) is 20.4. The highest BCUT2D eigenvalue weighted by atomic mass is 16.4. The predicted molar refractivity (Wildman–Crippen MR) is 304 cm³/mol. The smallest absolute Gasteiger partial charge is 0.325 e. The summed E-state index contributed by atoms with van der Waals surface area (Å²) in [7, 11) is 0. The number of carboxylic acid groups (broad SMARTS) is 1. The summed E-state index contributed by atoms with van der Waals surface area (Å²) in [6, 6.07) is -13.4. The third-order valence-corrected chi connectivity index (χ3v) is 12.8. The summed E-state index contributed by atoms with van der Waals surface area (Å²) < 4.78 is 0. The van der Waals surface area contributed by atoms with Crippen LogP contribution in [0.5, 0.6) is 0 Å². The van der Waals surface area contributed by atoms with Crippen molar-refractivity contribution in [3.8, 4) is 0 Å². The second kappa shape index (κ2) is 40.7. The summed E-state index contributed by atoms with van der Waals surface area (Å²) in [5.74, 6) is -11.0. The van der Waals surface area contributed by atoms with Crippen molar-refractivity contribution in [1.82, 2.24) is 47.9 Å². The first-order chi connectivity index (χ1) is 38.5. The maximum atomic E-state index is 14.4. The lowest BCUT2D eigenvalue weighted by atomic mass is 9.96. The molecular formula is C50H95N19O13. The number of aliphatic hydroxyl groups excluding tert-OH is 1. The van der Waals surface area contributed by atoms with Crippen LogP contribution in [0.1, 0.15) is 131 Å². The van der Waals surface area contributed by atoms with E-state index >= 15 is 0 Å². The Labute approximate surface area is 478 Å². The molecule has 82 heavy (non-hydrogen) atoms. The number of nitrogens with one attached hydrogen (secondary N) is 9. The maximum Gasteiger partial charge on any atom is 0.325 e.